The Balaban J connectivity index is 1.87. The number of ether oxygens (including phenoxy) is 2. The molecule has 3 rings (SSSR count). The van der Waals surface area contributed by atoms with Gasteiger partial charge in [-0.2, -0.15) is 0 Å². The van der Waals surface area contributed by atoms with E-state index in [9.17, 15) is 0 Å². The van der Waals surface area contributed by atoms with Gasteiger partial charge in [0.2, 0.25) is 5.88 Å². The Labute approximate surface area is 147 Å². The van der Waals surface area contributed by atoms with Crippen LogP contribution in [0.25, 0.3) is 11.3 Å². The van der Waals surface area contributed by atoms with Gasteiger partial charge in [0.1, 0.15) is 6.33 Å². The van der Waals surface area contributed by atoms with Crippen molar-refractivity contribution < 1.29 is 9.47 Å². The van der Waals surface area contributed by atoms with Gasteiger partial charge in [-0.15, -0.1) is 0 Å². The molecule has 128 valence electrons. The number of nitrogens with zero attached hydrogens (tertiary/aromatic N) is 2. The normalized spacial score (nSPS) is 10.5. The third-order valence-electron chi connectivity index (χ3n) is 3.67. The largest absolute Gasteiger partial charge is 0.490 e. The molecule has 1 aromatic heterocycles. The minimum Gasteiger partial charge on any atom is -0.490 e. The van der Waals surface area contributed by atoms with Crippen LogP contribution in [-0.2, 0) is 6.42 Å². The molecule has 0 aliphatic heterocycles. The van der Waals surface area contributed by atoms with Gasteiger partial charge in [0.15, 0.2) is 11.5 Å². The fourth-order valence-corrected chi connectivity index (χ4v) is 2.50. The second-order valence-electron chi connectivity index (χ2n) is 5.46. The highest BCUT2D eigenvalue weighted by atomic mass is 16.5. The van der Waals surface area contributed by atoms with E-state index in [0.29, 0.717) is 30.5 Å². The van der Waals surface area contributed by atoms with E-state index in [1.807, 2.05) is 61.5 Å². The van der Waals surface area contributed by atoms with Crippen LogP contribution in [0.2, 0.25) is 0 Å². The summed E-state index contributed by atoms with van der Waals surface area (Å²) in [6, 6.07) is 17.6. The van der Waals surface area contributed by atoms with Crippen molar-refractivity contribution in [2.45, 2.75) is 13.3 Å². The highest BCUT2D eigenvalue weighted by Crippen LogP contribution is 2.32. The van der Waals surface area contributed by atoms with E-state index in [4.69, 9.17) is 15.2 Å². The summed E-state index contributed by atoms with van der Waals surface area (Å²) in [5, 5.41) is 0. The molecular weight excluding hydrogens is 314 g/mol. The lowest BCUT2D eigenvalue weighted by atomic mass is 10.1. The first-order chi connectivity index (χ1) is 12.3. The Morgan fingerprint density at radius 2 is 1.80 bits per heavy atom. The molecule has 25 heavy (non-hydrogen) atoms. The van der Waals surface area contributed by atoms with Crippen LogP contribution >= 0.6 is 0 Å². The maximum atomic E-state index is 5.95. The van der Waals surface area contributed by atoms with Crippen molar-refractivity contribution in [2.75, 3.05) is 13.2 Å². The van der Waals surface area contributed by atoms with Gasteiger partial charge < -0.3 is 15.2 Å². The van der Waals surface area contributed by atoms with Gasteiger partial charge >= 0.3 is 0 Å². The van der Waals surface area contributed by atoms with Gasteiger partial charge in [0.25, 0.3) is 0 Å². The molecule has 0 atom stereocenters. The molecular formula is C20H21N3O2. The lowest BCUT2D eigenvalue weighted by Crippen LogP contribution is -2.03. The van der Waals surface area contributed by atoms with E-state index in [2.05, 4.69) is 9.97 Å². The van der Waals surface area contributed by atoms with Crippen LogP contribution in [0.4, 0.5) is 0 Å². The van der Waals surface area contributed by atoms with Crippen LogP contribution in [-0.4, -0.2) is 23.1 Å². The van der Waals surface area contributed by atoms with E-state index in [1.54, 1.807) is 0 Å². The second kappa shape index (κ2) is 8.26. The highest BCUT2D eigenvalue weighted by Gasteiger charge is 2.10. The molecule has 0 amide bonds. The Bertz CT molecular complexity index is 822. The second-order valence-corrected chi connectivity index (χ2v) is 5.46. The molecule has 0 saturated heterocycles. The molecule has 2 N–H and O–H groups in total. The lowest BCUT2D eigenvalue weighted by molar-refractivity contribution is 0.319. The average Bonchev–Trinajstić information content (AvgIpc) is 2.65. The van der Waals surface area contributed by atoms with Crippen LogP contribution in [0.15, 0.2) is 60.9 Å². The Morgan fingerprint density at radius 3 is 2.56 bits per heavy atom. The van der Waals surface area contributed by atoms with Gasteiger partial charge in [0.05, 0.1) is 12.3 Å². The molecule has 0 bridgehead atoms. The molecule has 0 unspecified atom stereocenters. The van der Waals surface area contributed by atoms with Crippen LogP contribution < -0.4 is 15.2 Å². The molecule has 1 heterocycles. The van der Waals surface area contributed by atoms with Crippen LogP contribution in [0.1, 0.15) is 12.5 Å². The molecule has 5 heteroatoms. The zero-order chi connectivity index (χ0) is 17.5. The molecule has 5 nitrogen and oxygen atoms in total. The van der Waals surface area contributed by atoms with E-state index >= 15 is 0 Å². The van der Waals surface area contributed by atoms with Crippen molar-refractivity contribution in [2.24, 2.45) is 5.73 Å². The van der Waals surface area contributed by atoms with E-state index in [-0.39, 0.29) is 0 Å². The van der Waals surface area contributed by atoms with E-state index in [1.165, 1.54) is 6.33 Å². The monoisotopic (exact) mass is 335 g/mol. The summed E-state index contributed by atoms with van der Waals surface area (Å²) in [6.45, 7) is 3.09. The average molecular weight is 335 g/mol. The number of benzene rings is 2. The van der Waals surface area contributed by atoms with Gasteiger partial charge in [-0.1, -0.05) is 36.4 Å². The molecule has 2 aromatic carbocycles. The van der Waals surface area contributed by atoms with Gasteiger partial charge in [-0.3, -0.25) is 0 Å². The van der Waals surface area contributed by atoms with Crippen LogP contribution in [0.3, 0.4) is 0 Å². The number of hydrogen-bond acceptors (Lipinski definition) is 5. The fourth-order valence-electron chi connectivity index (χ4n) is 2.50. The molecule has 0 saturated carbocycles. The Kier molecular flexibility index (Phi) is 5.59. The summed E-state index contributed by atoms with van der Waals surface area (Å²) < 4.78 is 11.7. The van der Waals surface area contributed by atoms with Crippen molar-refractivity contribution >= 4 is 0 Å². The number of nitrogens with two attached hydrogens (primary N) is 1. The highest BCUT2D eigenvalue weighted by molar-refractivity contribution is 5.59. The topological polar surface area (TPSA) is 70.3 Å². The van der Waals surface area contributed by atoms with Gasteiger partial charge in [-0.25, -0.2) is 9.97 Å². The first-order valence-corrected chi connectivity index (χ1v) is 8.31. The van der Waals surface area contributed by atoms with Gasteiger partial charge in [0, 0.05) is 11.6 Å². The minimum absolute atomic E-state index is 0.474. The predicted octanol–water partition coefficient (Wildman–Crippen LogP) is 3.84. The lowest BCUT2D eigenvalue weighted by Gasteiger charge is -2.13. The Hall–Kier alpha value is -2.92. The van der Waals surface area contributed by atoms with E-state index in [0.717, 1.165) is 23.2 Å². The molecule has 3 aromatic rings. The molecule has 0 fully saturated rings. The van der Waals surface area contributed by atoms with Gasteiger partial charge in [-0.05, 0) is 37.6 Å². The summed E-state index contributed by atoms with van der Waals surface area (Å²) in [4.78, 5) is 8.52. The summed E-state index contributed by atoms with van der Waals surface area (Å²) in [5.74, 6) is 1.79. The maximum absolute atomic E-state index is 5.95. The molecule has 0 aliphatic rings. The first kappa shape index (κ1) is 16.9. The van der Waals surface area contributed by atoms with E-state index < -0.39 is 0 Å². The standard InChI is InChI=1S/C20H21N3O2/c1-2-24-19-12-15(10-11-21)8-9-18(19)25-20-13-17(22-14-23-20)16-6-4-3-5-7-16/h3-9,12-14H,2,10-11,21H2,1H3. The first-order valence-electron chi connectivity index (χ1n) is 8.31. The number of aromatic nitrogens is 2. The van der Waals surface area contributed by atoms with Crippen LogP contribution in [0.5, 0.6) is 17.4 Å². The maximum Gasteiger partial charge on any atom is 0.223 e. The van der Waals surface area contributed by atoms with Crippen molar-refractivity contribution in [1.29, 1.82) is 0 Å². The fraction of sp³-hybridized carbons (Fsp3) is 0.200. The molecule has 0 spiro atoms. The predicted molar refractivity (Wildman–Crippen MR) is 97.9 cm³/mol. The minimum atomic E-state index is 0.474. The number of hydrogen-bond donors (Lipinski definition) is 1. The number of rotatable bonds is 7. The molecule has 0 aliphatic carbocycles. The van der Waals surface area contributed by atoms with Crippen molar-refractivity contribution in [1.82, 2.24) is 9.97 Å². The summed E-state index contributed by atoms with van der Waals surface area (Å²) in [7, 11) is 0. The van der Waals surface area contributed by atoms with Crippen LogP contribution in [0, 0.1) is 0 Å². The zero-order valence-electron chi connectivity index (χ0n) is 14.2. The summed E-state index contributed by atoms with van der Waals surface area (Å²) in [5.41, 5.74) is 8.57. The smallest absolute Gasteiger partial charge is 0.223 e. The Morgan fingerprint density at radius 1 is 0.960 bits per heavy atom. The molecule has 0 radical (unpaired) electrons. The third-order valence-corrected chi connectivity index (χ3v) is 3.67. The summed E-state index contributed by atoms with van der Waals surface area (Å²) in [6.07, 6.45) is 2.30. The summed E-state index contributed by atoms with van der Waals surface area (Å²) >= 11 is 0. The zero-order valence-corrected chi connectivity index (χ0v) is 14.2. The van der Waals surface area contributed by atoms with Crippen molar-refractivity contribution in [3.63, 3.8) is 0 Å². The van der Waals surface area contributed by atoms with Crippen molar-refractivity contribution in [3.05, 3.63) is 66.5 Å². The quantitative estimate of drug-likeness (QED) is 0.710. The van der Waals surface area contributed by atoms with Crippen molar-refractivity contribution in [3.8, 4) is 28.6 Å². The third kappa shape index (κ3) is 4.33. The SMILES string of the molecule is CCOc1cc(CCN)ccc1Oc1cc(-c2ccccc2)ncn1.